The fourth-order valence-electron chi connectivity index (χ4n) is 3.18. The smallest absolute Gasteiger partial charge is 0.0876 e. The van der Waals surface area contributed by atoms with Crippen molar-refractivity contribution in [3.63, 3.8) is 0 Å². The Balaban J connectivity index is 2.25. The maximum atomic E-state index is 11.1. The lowest BCUT2D eigenvalue weighted by atomic mass is 9.63. The summed E-state index contributed by atoms with van der Waals surface area (Å²) < 4.78 is 0. The summed E-state index contributed by atoms with van der Waals surface area (Å²) in [6.45, 7) is 2.17. The first-order valence-electron chi connectivity index (χ1n) is 7.02. The highest BCUT2D eigenvalue weighted by molar-refractivity contribution is 6.31. The maximum Gasteiger partial charge on any atom is 0.0876 e. The Hall–Kier alpha value is -0.240. The molecule has 1 atom stereocenters. The molecule has 1 aromatic carbocycles. The fraction of sp³-hybridized carbons (Fsp3) is 0.625. The van der Waals surface area contributed by atoms with Gasteiger partial charge in [-0.15, -0.1) is 11.6 Å². The van der Waals surface area contributed by atoms with Crippen LogP contribution >= 0.6 is 23.2 Å². The van der Waals surface area contributed by atoms with Crippen LogP contribution in [0.3, 0.4) is 0 Å². The summed E-state index contributed by atoms with van der Waals surface area (Å²) in [6, 6.07) is 7.72. The van der Waals surface area contributed by atoms with E-state index in [1.807, 2.05) is 24.3 Å². The second-order valence-corrected chi connectivity index (χ2v) is 6.73. The second-order valence-electron chi connectivity index (χ2n) is 6.05. The van der Waals surface area contributed by atoms with Gasteiger partial charge in [0.25, 0.3) is 0 Å². The van der Waals surface area contributed by atoms with E-state index in [1.54, 1.807) is 0 Å². The van der Waals surface area contributed by atoms with Crippen molar-refractivity contribution < 1.29 is 5.11 Å². The van der Waals surface area contributed by atoms with Gasteiger partial charge < -0.3 is 5.11 Å². The predicted octanol–water partition coefficient (Wildman–Crippen LogP) is 4.82. The lowest BCUT2D eigenvalue weighted by molar-refractivity contribution is -0.0765. The van der Waals surface area contributed by atoms with Crippen molar-refractivity contribution in [1.29, 1.82) is 0 Å². The van der Waals surface area contributed by atoms with Crippen molar-refractivity contribution in [2.75, 3.05) is 5.88 Å². The van der Waals surface area contributed by atoms with E-state index in [0.717, 1.165) is 18.4 Å². The van der Waals surface area contributed by atoms with Gasteiger partial charge in [0.1, 0.15) is 0 Å². The zero-order chi connectivity index (χ0) is 13.9. The molecule has 1 aliphatic rings. The average molecular weight is 301 g/mol. The molecule has 1 aliphatic carbocycles. The van der Waals surface area contributed by atoms with Crippen molar-refractivity contribution in [2.24, 2.45) is 5.41 Å². The summed E-state index contributed by atoms with van der Waals surface area (Å²) >= 11 is 12.4. The Bertz CT molecular complexity index is 427. The van der Waals surface area contributed by atoms with E-state index in [4.69, 9.17) is 23.2 Å². The number of halogens is 2. The summed E-state index contributed by atoms with van der Waals surface area (Å²) in [5.41, 5.74) is 0.00527. The third kappa shape index (κ3) is 3.09. The van der Waals surface area contributed by atoms with Crippen LogP contribution in [-0.2, 0) is 6.42 Å². The van der Waals surface area contributed by atoms with E-state index in [2.05, 4.69) is 6.92 Å². The summed E-state index contributed by atoms with van der Waals surface area (Å²) in [5.74, 6) is 0.259. The molecule has 0 radical (unpaired) electrons. The number of hydrogen-bond donors (Lipinski definition) is 1. The standard InChI is InChI=1S/C16H22Cl2O/c1-15(9-5-2-6-10-15)16(19,12-17)11-13-7-3-4-8-14(13)18/h3-4,7-8,19H,2,5-6,9-12H2,1H3. The summed E-state index contributed by atoms with van der Waals surface area (Å²) in [7, 11) is 0. The lowest BCUT2D eigenvalue weighted by Gasteiger charge is -2.47. The zero-order valence-electron chi connectivity index (χ0n) is 11.5. The van der Waals surface area contributed by atoms with Crippen LogP contribution in [0.1, 0.15) is 44.6 Å². The Morgan fingerprint density at radius 1 is 1.21 bits per heavy atom. The van der Waals surface area contributed by atoms with Crippen LogP contribution in [0.5, 0.6) is 0 Å². The molecule has 1 saturated carbocycles. The van der Waals surface area contributed by atoms with Gasteiger partial charge in [0.05, 0.1) is 11.5 Å². The molecule has 2 rings (SSSR count). The second kappa shape index (κ2) is 6.03. The number of benzene rings is 1. The number of hydrogen-bond acceptors (Lipinski definition) is 1. The highest BCUT2D eigenvalue weighted by Gasteiger charge is 2.46. The van der Waals surface area contributed by atoms with Crippen LogP contribution in [0.15, 0.2) is 24.3 Å². The SMILES string of the molecule is CC1(C(O)(CCl)Cc2ccccc2Cl)CCCCC1. The van der Waals surface area contributed by atoms with E-state index in [1.165, 1.54) is 19.3 Å². The Labute approximate surface area is 125 Å². The van der Waals surface area contributed by atoms with Gasteiger partial charge >= 0.3 is 0 Å². The van der Waals surface area contributed by atoms with Crippen molar-refractivity contribution in [2.45, 2.75) is 51.0 Å². The zero-order valence-corrected chi connectivity index (χ0v) is 13.0. The van der Waals surface area contributed by atoms with Gasteiger partial charge in [-0.2, -0.15) is 0 Å². The number of aliphatic hydroxyl groups is 1. The third-order valence-corrected chi connectivity index (χ3v) is 5.55. The van der Waals surface area contributed by atoms with Gasteiger partial charge in [0, 0.05) is 11.4 Å². The Kier molecular flexibility index (Phi) is 4.81. The van der Waals surface area contributed by atoms with Gasteiger partial charge in [-0.05, 0) is 29.9 Å². The van der Waals surface area contributed by atoms with E-state index in [-0.39, 0.29) is 11.3 Å². The quantitative estimate of drug-likeness (QED) is 0.790. The predicted molar refractivity (Wildman–Crippen MR) is 82.0 cm³/mol. The third-order valence-electron chi connectivity index (χ3n) is 4.74. The molecule has 1 N–H and O–H groups in total. The number of alkyl halides is 1. The topological polar surface area (TPSA) is 20.2 Å². The van der Waals surface area contributed by atoms with Crippen molar-refractivity contribution >= 4 is 23.2 Å². The minimum absolute atomic E-state index is 0.105. The first-order valence-corrected chi connectivity index (χ1v) is 7.94. The van der Waals surface area contributed by atoms with Crippen LogP contribution in [-0.4, -0.2) is 16.6 Å². The molecule has 0 saturated heterocycles. The molecule has 0 heterocycles. The lowest BCUT2D eigenvalue weighted by Crippen LogP contribution is -2.51. The highest BCUT2D eigenvalue weighted by Crippen LogP contribution is 2.47. The van der Waals surface area contributed by atoms with E-state index >= 15 is 0 Å². The molecule has 0 aromatic heterocycles. The monoisotopic (exact) mass is 300 g/mol. The molecule has 1 nitrogen and oxygen atoms in total. The molecular formula is C16H22Cl2O. The fourth-order valence-corrected chi connectivity index (χ4v) is 3.80. The molecular weight excluding hydrogens is 279 g/mol. The minimum atomic E-state index is -0.875. The van der Waals surface area contributed by atoms with Crippen molar-refractivity contribution in [3.05, 3.63) is 34.9 Å². The molecule has 1 unspecified atom stereocenters. The molecule has 0 bridgehead atoms. The van der Waals surface area contributed by atoms with E-state index in [0.29, 0.717) is 11.4 Å². The van der Waals surface area contributed by atoms with Gasteiger partial charge in [0.2, 0.25) is 0 Å². The van der Waals surface area contributed by atoms with Gasteiger partial charge in [-0.25, -0.2) is 0 Å². The van der Waals surface area contributed by atoms with Gasteiger partial charge in [-0.1, -0.05) is 56.0 Å². The first kappa shape index (κ1) is 15.2. The molecule has 3 heteroatoms. The summed E-state index contributed by atoms with van der Waals surface area (Å²) in [4.78, 5) is 0. The average Bonchev–Trinajstić information content (AvgIpc) is 2.42. The minimum Gasteiger partial charge on any atom is -0.388 e. The molecule has 0 aliphatic heterocycles. The molecule has 1 aromatic rings. The molecule has 0 amide bonds. The van der Waals surface area contributed by atoms with Crippen molar-refractivity contribution in [1.82, 2.24) is 0 Å². The largest absolute Gasteiger partial charge is 0.388 e. The van der Waals surface area contributed by atoms with Crippen LogP contribution in [0.25, 0.3) is 0 Å². The van der Waals surface area contributed by atoms with E-state index < -0.39 is 5.60 Å². The van der Waals surface area contributed by atoms with Crippen LogP contribution in [0.2, 0.25) is 5.02 Å². The Morgan fingerprint density at radius 2 is 1.84 bits per heavy atom. The molecule has 0 spiro atoms. The summed E-state index contributed by atoms with van der Waals surface area (Å²) in [5, 5.41) is 11.8. The van der Waals surface area contributed by atoms with Crippen LogP contribution in [0.4, 0.5) is 0 Å². The van der Waals surface area contributed by atoms with Gasteiger partial charge in [-0.3, -0.25) is 0 Å². The highest BCUT2D eigenvalue weighted by atomic mass is 35.5. The maximum absolute atomic E-state index is 11.1. The molecule has 1 fully saturated rings. The molecule has 19 heavy (non-hydrogen) atoms. The number of rotatable bonds is 4. The molecule has 106 valence electrons. The first-order chi connectivity index (χ1) is 9.01. The van der Waals surface area contributed by atoms with Crippen LogP contribution in [0, 0.1) is 5.41 Å². The van der Waals surface area contributed by atoms with Crippen molar-refractivity contribution in [3.8, 4) is 0 Å². The van der Waals surface area contributed by atoms with Crippen LogP contribution < -0.4 is 0 Å². The van der Waals surface area contributed by atoms with Gasteiger partial charge in [0.15, 0.2) is 0 Å². The normalized spacial score (nSPS) is 21.9. The summed E-state index contributed by atoms with van der Waals surface area (Å²) in [6.07, 6.45) is 6.24. The van der Waals surface area contributed by atoms with E-state index in [9.17, 15) is 5.11 Å². The Morgan fingerprint density at radius 3 is 2.42 bits per heavy atom.